The van der Waals surface area contributed by atoms with Gasteiger partial charge in [0.05, 0.1) is 11.3 Å². The summed E-state index contributed by atoms with van der Waals surface area (Å²) in [5, 5.41) is 6.70. The standard InChI is InChI=1S/C23H27N4OP/c1-3-26-10-8-16(9-11-26)18-5-7-23-27(15-18)22(28)13-21(29-23)17-4-6-20-19(12-17)14-25(2)24-20/h4-7,12-16,23,29H,3,8-11H2,1-2H3. The van der Waals surface area contributed by atoms with Gasteiger partial charge in [-0.15, -0.1) is 0 Å². The summed E-state index contributed by atoms with van der Waals surface area (Å²) >= 11 is 0. The van der Waals surface area contributed by atoms with Crippen LogP contribution in [0.3, 0.4) is 0 Å². The third-order valence-corrected chi connectivity index (χ3v) is 7.83. The smallest absolute Gasteiger partial charge is 0.252 e. The number of rotatable bonds is 3. The van der Waals surface area contributed by atoms with Gasteiger partial charge < -0.3 is 9.80 Å². The fraction of sp³-hybridized carbons (Fsp3) is 0.391. The number of carbonyl (C=O) groups is 1. The lowest BCUT2D eigenvalue weighted by Crippen LogP contribution is -2.38. The molecule has 6 heteroatoms. The van der Waals surface area contributed by atoms with Gasteiger partial charge >= 0.3 is 0 Å². The predicted molar refractivity (Wildman–Crippen MR) is 120 cm³/mol. The SMILES string of the molecule is CCN1CCC(C2=CN3C(=O)C=C(c4ccc5nn(C)cc5c4)PC3C=C2)CC1. The number of hydrogen-bond acceptors (Lipinski definition) is 3. The lowest BCUT2D eigenvalue weighted by atomic mass is 9.88. The molecule has 1 saturated heterocycles. The van der Waals surface area contributed by atoms with Crippen molar-refractivity contribution >= 4 is 30.7 Å². The van der Waals surface area contributed by atoms with Crippen molar-refractivity contribution in [2.24, 2.45) is 13.0 Å². The van der Waals surface area contributed by atoms with E-state index in [0.717, 1.165) is 41.4 Å². The van der Waals surface area contributed by atoms with Gasteiger partial charge in [-0.2, -0.15) is 5.10 Å². The van der Waals surface area contributed by atoms with E-state index in [4.69, 9.17) is 0 Å². The Hall–Kier alpha value is -2.23. The summed E-state index contributed by atoms with van der Waals surface area (Å²) in [4.78, 5) is 17.4. The molecule has 3 aliphatic heterocycles. The summed E-state index contributed by atoms with van der Waals surface area (Å²) in [5.41, 5.74) is 3.44. The molecule has 1 aromatic carbocycles. The Kier molecular flexibility index (Phi) is 4.89. The second-order valence-corrected chi connectivity index (χ2v) is 9.58. The average Bonchev–Trinajstić information content (AvgIpc) is 3.12. The van der Waals surface area contributed by atoms with Crippen LogP contribution in [0.5, 0.6) is 0 Å². The van der Waals surface area contributed by atoms with E-state index in [9.17, 15) is 4.79 Å². The first-order valence-electron chi connectivity index (χ1n) is 10.5. The van der Waals surface area contributed by atoms with Crippen LogP contribution in [0.4, 0.5) is 0 Å². The van der Waals surface area contributed by atoms with Crippen LogP contribution in [-0.4, -0.2) is 50.9 Å². The molecule has 0 aliphatic carbocycles. The van der Waals surface area contributed by atoms with Gasteiger partial charge in [-0.1, -0.05) is 33.7 Å². The summed E-state index contributed by atoms with van der Waals surface area (Å²) in [6.45, 7) is 5.68. The van der Waals surface area contributed by atoms with Gasteiger partial charge in [-0.3, -0.25) is 9.48 Å². The molecule has 1 amide bonds. The average molecular weight is 406 g/mol. The highest BCUT2D eigenvalue weighted by molar-refractivity contribution is 7.51. The number of nitrogens with zero attached hydrogens (tertiary/aromatic N) is 4. The zero-order valence-corrected chi connectivity index (χ0v) is 18.0. The van der Waals surface area contributed by atoms with Crippen LogP contribution >= 0.6 is 8.58 Å². The highest BCUT2D eigenvalue weighted by Crippen LogP contribution is 2.45. The number of aromatic nitrogens is 2. The minimum atomic E-state index is 0.0999. The summed E-state index contributed by atoms with van der Waals surface area (Å²) < 4.78 is 1.83. The molecule has 5 rings (SSSR count). The first-order valence-corrected chi connectivity index (χ1v) is 11.5. The number of aryl methyl sites for hydroxylation is 1. The number of carbonyl (C=O) groups excluding carboxylic acids is 1. The molecule has 0 saturated carbocycles. The van der Waals surface area contributed by atoms with E-state index in [1.54, 1.807) is 0 Å². The van der Waals surface area contributed by atoms with Gasteiger partial charge in [0.25, 0.3) is 5.91 Å². The molecule has 150 valence electrons. The van der Waals surface area contributed by atoms with Crippen LogP contribution in [-0.2, 0) is 11.8 Å². The predicted octanol–water partition coefficient (Wildman–Crippen LogP) is 3.95. The quantitative estimate of drug-likeness (QED) is 0.725. The number of hydrogen-bond donors (Lipinski definition) is 0. The molecule has 0 radical (unpaired) electrons. The molecule has 0 spiro atoms. The van der Waals surface area contributed by atoms with Crippen molar-refractivity contribution in [3.63, 3.8) is 0 Å². The largest absolute Gasteiger partial charge is 0.304 e. The molecular weight excluding hydrogens is 379 g/mol. The van der Waals surface area contributed by atoms with Crippen molar-refractivity contribution < 1.29 is 4.79 Å². The van der Waals surface area contributed by atoms with E-state index in [2.05, 4.69) is 47.4 Å². The molecule has 2 unspecified atom stereocenters. The maximum Gasteiger partial charge on any atom is 0.252 e. The summed E-state index contributed by atoms with van der Waals surface area (Å²) in [7, 11) is 2.49. The first-order chi connectivity index (χ1) is 14.1. The highest BCUT2D eigenvalue weighted by Gasteiger charge is 2.30. The second-order valence-electron chi connectivity index (χ2n) is 8.17. The zero-order valence-electron chi connectivity index (χ0n) is 17.0. The minimum absolute atomic E-state index is 0.0999. The van der Waals surface area contributed by atoms with E-state index in [1.165, 1.54) is 18.4 Å². The Morgan fingerprint density at radius 1 is 1.24 bits per heavy atom. The number of benzene rings is 1. The van der Waals surface area contributed by atoms with Crippen molar-refractivity contribution in [3.8, 4) is 0 Å². The molecule has 1 aromatic heterocycles. The van der Waals surface area contributed by atoms with Crippen molar-refractivity contribution in [2.45, 2.75) is 25.5 Å². The van der Waals surface area contributed by atoms with Crippen LogP contribution in [0.15, 0.2) is 54.4 Å². The van der Waals surface area contributed by atoms with Gasteiger partial charge in [0.15, 0.2) is 0 Å². The maximum atomic E-state index is 13.0. The maximum absolute atomic E-state index is 13.0. The Balaban J connectivity index is 1.37. The fourth-order valence-electron chi connectivity index (χ4n) is 4.60. The zero-order chi connectivity index (χ0) is 20.0. The number of allylic oxidation sites excluding steroid dienone is 2. The fourth-order valence-corrected chi connectivity index (χ4v) is 5.98. The van der Waals surface area contributed by atoms with Gasteiger partial charge in [-0.05, 0) is 67.0 Å². The summed E-state index contributed by atoms with van der Waals surface area (Å²) in [5.74, 6) is 0.818. The molecule has 2 aromatic rings. The molecule has 29 heavy (non-hydrogen) atoms. The molecule has 0 N–H and O–H groups in total. The number of piperidine rings is 1. The monoisotopic (exact) mass is 406 g/mol. The van der Waals surface area contributed by atoms with Crippen molar-refractivity contribution in [3.05, 3.63) is 60.0 Å². The van der Waals surface area contributed by atoms with E-state index >= 15 is 0 Å². The molecule has 1 fully saturated rings. The summed E-state index contributed by atoms with van der Waals surface area (Å²) in [6, 6.07) is 6.29. The lowest BCUT2D eigenvalue weighted by molar-refractivity contribution is -0.123. The third-order valence-electron chi connectivity index (χ3n) is 6.32. The molecule has 3 aliphatic rings. The summed E-state index contributed by atoms with van der Waals surface area (Å²) in [6.07, 6.45) is 12.9. The van der Waals surface area contributed by atoms with E-state index in [1.807, 2.05) is 35.0 Å². The first kappa shape index (κ1) is 18.8. The Bertz CT molecular complexity index is 1040. The Labute approximate surface area is 173 Å². The molecule has 2 atom stereocenters. The lowest BCUT2D eigenvalue weighted by Gasteiger charge is -2.37. The van der Waals surface area contributed by atoms with Crippen molar-refractivity contribution in [1.82, 2.24) is 19.6 Å². The van der Waals surface area contributed by atoms with E-state index in [0.29, 0.717) is 14.5 Å². The van der Waals surface area contributed by atoms with Gasteiger partial charge in [0.2, 0.25) is 0 Å². The van der Waals surface area contributed by atoms with E-state index in [-0.39, 0.29) is 11.7 Å². The molecule has 4 heterocycles. The number of amides is 1. The van der Waals surface area contributed by atoms with E-state index < -0.39 is 0 Å². The van der Waals surface area contributed by atoms with Gasteiger partial charge in [0, 0.05) is 30.9 Å². The third kappa shape index (κ3) is 3.58. The highest BCUT2D eigenvalue weighted by atomic mass is 31.1. The topological polar surface area (TPSA) is 41.4 Å². The normalized spacial score (nSPS) is 24.1. The van der Waals surface area contributed by atoms with Crippen molar-refractivity contribution in [1.29, 1.82) is 0 Å². The molecule has 5 nitrogen and oxygen atoms in total. The van der Waals surface area contributed by atoms with Crippen LogP contribution in [0.25, 0.3) is 16.2 Å². The number of likely N-dealkylation sites (tertiary alicyclic amines) is 1. The van der Waals surface area contributed by atoms with Gasteiger partial charge in [-0.25, -0.2) is 0 Å². The minimum Gasteiger partial charge on any atom is -0.304 e. The Morgan fingerprint density at radius 3 is 2.86 bits per heavy atom. The van der Waals surface area contributed by atoms with Crippen LogP contribution < -0.4 is 0 Å². The number of fused-ring (bicyclic) bond motifs is 2. The van der Waals surface area contributed by atoms with Crippen LogP contribution in [0.2, 0.25) is 0 Å². The van der Waals surface area contributed by atoms with Gasteiger partial charge in [0.1, 0.15) is 0 Å². The molecule has 0 bridgehead atoms. The van der Waals surface area contributed by atoms with Crippen molar-refractivity contribution in [2.75, 3.05) is 19.6 Å². The van der Waals surface area contributed by atoms with Crippen LogP contribution in [0, 0.1) is 5.92 Å². The Morgan fingerprint density at radius 2 is 2.07 bits per heavy atom. The molecular formula is C23H27N4OP. The van der Waals surface area contributed by atoms with Crippen LogP contribution in [0.1, 0.15) is 25.3 Å². The second kappa shape index (κ2) is 7.55.